The van der Waals surface area contributed by atoms with Crippen molar-refractivity contribution in [3.63, 3.8) is 0 Å². The molecule has 0 aliphatic carbocycles. The summed E-state index contributed by atoms with van der Waals surface area (Å²) in [5, 5.41) is 0. The summed E-state index contributed by atoms with van der Waals surface area (Å²) in [7, 11) is 0. The molecule has 0 spiro atoms. The van der Waals surface area contributed by atoms with Gasteiger partial charge in [0.1, 0.15) is 22.7 Å². The number of aromatic nitrogens is 1. The van der Waals surface area contributed by atoms with Gasteiger partial charge < -0.3 is 9.15 Å². The van der Waals surface area contributed by atoms with Gasteiger partial charge in [0.05, 0.1) is 6.20 Å². The zero-order valence-corrected chi connectivity index (χ0v) is 10.8. The summed E-state index contributed by atoms with van der Waals surface area (Å²) >= 11 is 6.48. The zero-order valence-electron chi connectivity index (χ0n) is 7.61. The zero-order chi connectivity index (χ0) is 10.7. The number of halogens is 2. The van der Waals surface area contributed by atoms with E-state index in [4.69, 9.17) is 9.15 Å². The van der Waals surface area contributed by atoms with Gasteiger partial charge in [0.25, 0.3) is 0 Å². The Kier molecular flexibility index (Phi) is 3.43. The van der Waals surface area contributed by atoms with Gasteiger partial charge in [-0.3, -0.25) is 0 Å². The highest BCUT2D eigenvalue weighted by Gasteiger charge is 2.00. The first kappa shape index (κ1) is 10.7. The minimum Gasteiger partial charge on any atom is -0.484 e. The van der Waals surface area contributed by atoms with Gasteiger partial charge in [-0.15, -0.1) is 0 Å². The van der Waals surface area contributed by atoms with Crippen LogP contribution in [0.4, 0.5) is 0 Å². The Morgan fingerprint density at radius 2 is 2.07 bits per heavy atom. The molecule has 0 unspecified atom stereocenters. The van der Waals surface area contributed by atoms with Crippen LogP contribution in [0.5, 0.6) is 5.75 Å². The molecule has 0 aliphatic rings. The second-order valence-electron chi connectivity index (χ2n) is 2.81. The van der Waals surface area contributed by atoms with Crippen LogP contribution < -0.4 is 4.74 Å². The van der Waals surface area contributed by atoms with Crippen molar-refractivity contribution < 1.29 is 9.15 Å². The van der Waals surface area contributed by atoms with Crippen LogP contribution in [0.15, 0.2) is 44.2 Å². The quantitative estimate of drug-likeness (QED) is 0.802. The number of rotatable bonds is 3. The van der Waals surface area contributed by atoms with Gasteiger partial charge >= 0.3 is 0 Å². The summed E-state index contributed by atoms with van der Waals surface area (Å²) in [5.74, 6) is 1.48. The van der Waals surface area contributed by atoms with Crippen molar-refractivity contribution in [2.24, 2.45) is 0 Å². The van der Waals surface area contributed by atoms with E-state index in [0.717, 1.165) is 10.4 Å². The highest BCUT2D eigenvalue weighted by atomic mass is 79.9. The molecule has 0 N–H and O–H groups in total. The van der Waals surface area contributed by atoms with Crippen molar-refractivity contribution in [3.8, 4) is 5.75 Å². The molecule has 0 aliphatic heterocycles. The van der Waals surface area contributed by atoms with E-state index in [1.54, 1.807) is 6.20 Å². The Labute approximate surface area is 104 Å². The van der Waals surface area contributed by atoms with E-state index >= 15 is 0 Å². The van der Waals surface area contributed by atoms with Gasteiger partial charge in [-0.2, -0.15) is 0 Å². The fraction of sp³-hybridized carbons (Fsp3) is 0.100. The molecule has 2 rings (SSSR count). The maximum atomic E-state index is 5.46. The second-order valence-corrected chi connectivity index (χ2v) is 4.41. The molecular formula is C10H7Br2NO2. The van der Waals surface area contributed by atoms with Gasteiger partial charge in [-0.1, -0.05) is 0 Å². The van der Waals surface area contributed by atoms with E-state index in [2.05, 4.69) is 36.8 Å². The Morgan fingerprint density at radius 1 is 1.20 bits per heavy atom. The van der Waals surface area contributed by atoms with E-state index in [9.17, 15) is 0 Å². The summed E-state index contributed by atoms with van der Waals surface area (Å²) < 4.78 is 12.2. The maximum absolute atomic E-state index is 5.46. The molecule has 0 amide bonds. The van der Waals surface area contributed by atoms with Crippen LogP contribution in [0.25, 0.3) is 0 Å². The summed E-state index contributed by atoms with van der Waals surface area (Å²) in [6.45, 7) is 0.398. The third-order valence-electron chi connectivity index (χ3n) is 1.71. The van der Waals surface area contributed by atoms with Crippen LogP contribution >= 0.6 is 31.9 Å². The predicted molar refractivity (Wildman–Crippen MR) is 62.7 cm³/mol. The first-order valence-corrected chi connectivity index (χ1v) is 5.81. The van der Waals surface area contributed by atoms with E-state index in [-0.39, 0.29) is 0 Å². The largest absolute Gasteiger partial charge is 0.484 e. The fourth-order valence-electron chi connectivity index (χ4n) is 1.03. The average molecular weight is 333 g/mol. The van der Waals surface area contributed by atoms with Crippen LogP contribution in [0.1, 0.15) is 5.76 Å². The standard InChI is InChI=1S/C10H7Br2NO2/c11-9-3-1-7(5-13-9)14-6-8-2-4-10(12)15-8/h1-5H,6H2. The number of ether oxygens (including phenoxy) is 1. The molecule has 78 valence electrons. The number of furan rings is 1. The monoisotopic (exact) mass is 331 g/mol. The lowest BCUT2D eigenvalue weighted by molar-refractivity contribution is 0.267. The number of nitrogens with zero attached hydrogens (tertiary/aromatic N) is 1. The summed E-state index contributed by atoms with van der Waals surface area (Å²) in [6, 6.07) is 7.36. The Morgan fingerprint density at radius 3 is 2.67 bits per heavy atom. The third-order valence-corrected chi connectivity index (χ3v) is 2.61. The molecule has 0 saturated heterocycles. The summed E-state index contributed by atoms with van der Waals surface area (Å²) in [4.78, 5) is 4.05. The lowest BCUT2D eigenvalue weighted by atomic mass is 10.4. The van der Waals surface area contributed by atoms with Crippen LogP contribution in [0.3, 0.4) is 0 Å². The molecule has 3 nitrogen and oxygen atoms in total. The van der Waals surface area contributed by atoms with Crippen LogP contribution in [-0.2, 0) is 6.61 Å². The van der Waals surface area contributed by atoms with Crippen molar-refractivity contribution >= 4 is 31.9 Å². The Balaban J connectivity index is 1.96. The molecule has 0 atom stereocenters. The van der Waals surface area contributed by atoms with E-state index < -0.39 is 0 Å². The molecule has 2 aromatic rings. The van der Waals surface area contributed by atoms with Crippen molar-refractivity contribution in [3.05, 3.63) is 45.5 Å². The van der Waals surface area contributed by atoms with Gasteiger partial charge in [0.2, 0.25) is 0 Å². The lowest BCUT2D eigenvalue weighted by Gasteiger charge is -2.02. The number of pyridine rings is 1. The highest BCUT2D eigenvalue weighted by molar-refractivity contribution is 9.10. The fourth-order valence-corrected chi connectivity index (χ4v) is 1.61. The lowest BCUT2D eigenvalue weighted by Crippen LogP contribution is -1.93. The number of hydrogen-bond donors (Lipinski definition) is 0. The minimum absolute atomic E-state index is 0.398. The third kappa shape index (κ3) is 3.07. The molecule has 0 saturated carbocycles. The van der Waals surface area contributed by atoms with Crippen LogP contribution in [-0.4, -0.2) is 4.98 Å². The van der Waals surface area contributed by atoms with Crippen LogP contribution in [0, 0.1) is 0 Å². The number of hydrogen-bond acceptors (Lipinski definition) is 3. The van der Waals surface area contributed by atoms with Crippen molar-refractivity contribution in [1.82, 2.24) is 4.98 Å². The topological polar surface area (TPSA) is 35.3 Å². The molecule has 0 fully saturated rings. The maximum Gasteiger partial charge on any atom is 0.169 e. The van der Waals surface area contributed by atoms with E-state index in [0.29, 0.717) is 17.0 Å². The minimum atomic E-state index is 0.398. The van der Waals surface area contributed by atoms with Crippen molar-refractivity contribution in [2.75, 3.05) is 0 Å². The van der Waals surface area contributed by atoms with Gasteiger partial charge in [-0.05, 0) is 56.1 Å². The molecule has 15 heavy (non-hydrogen) atoms. The molecular weight excluding hydrogens is 326 g/mol. The summed E-state index contributed by atoms with van der Waals surface area (Å²) in [5.41, 5.74) is 0. The van der Waals surface area contributed by atoms with Gasteiger partial charge in [0, 0.05) is 0 Å². The molecule has 5 heteroatoms. The smallest absolute Gasteiger partial charge is 0.169 e. The molecule has 0 aromatic carbocycles. The average Bonchev–Trinajstić information content (AvgIpc) is 2.64. The van der Waals surface area contributed by atoms with Gasteiger partial charge in [-0.25, -0.2) is 4.98 Å². The molecule has 0 bridgehead atoms. The first-order valence-electron chi connectivity index (χ1n) is 4.22. The summed E-state index contributed by atoms with van der Waals surface area (Å²) in [6.07, 6.45) is 1.65. The molecule has 0 radical (unpaired) electrons. The molecule has 2 heterocycles. The van der Waals surface area contributed by atoms with Crippen molar-refractivity contribution in [1.29, 1.82) is 0 Å². The Bertz CT molecular complexity index is 439. The molecule has 2 aromatic heterocycles. The Hall–Kier alpha value is -0.810. The predicted octanol–water partition coefficient (Wildman–Crippen LogP) is 3.78. The van der Waals surface area contributed by atoms with Crippen LogP contribution in [0.2, 0.25) is 0 Å². The SMILES string of the molecule is Brc1ccc(OCc2ccc(Br)o2)cn1. The van der Waals surface area contributed by atoms with Gasteiger partial charge in [0.15, 0.2) is 4.67 Å². The van der Waals surface area contributed by atoms with E-state index in [1.807, 2.05) is 24.3 Å². The van der Waals surface area contributed by atoms with Crippen molar-refractivity contribution in [2.45, 2.75) is 6.61 Å². The highest BCUT2D eigenvalue weighted by Crippen LogP contribution is 2.17. The normalized spacial score (nSPS) is 10.3. The first-order chi connectivity index (χ1) is 7.24. The van der Waals surface area contributed by atoms with E-state index in [1.165, 1.54) is 0 Å². The second kappa shape index (κ2) is 4.81.